The van der Waals surface area contributed by atoms with Gasteiger partial charge in [-0.15, -0.1) is 0 Å². The van der Waals surface area contributed by atoms with Gasteiger partial charge in [-0.25, -0.2) is 0 Å². The number of hydrogen-bond acceptors (Lipinski definition) is 4. The number of nitrogens with zero attached hydrogens (tertiary/aromatic N) is 3. The first-order valence-electron chi connectivity index (χ1n) is 7.07. The van der Waals surface area contributed by atoms with Crippen LogP contribution >= 0.6 is 0 Å². The molecule has 0 unspecified atom stereocenters. The van der Waals surface area contributed by atoms with Crippen molar-refractivity contribution in [3.05, 3.63) is 41.2 Å². The Morgan fingerprint density at radius 3 is 2.77 bits per heavy atom. The molecule has 0 aliphatic carbocycles. The predicted octanol–water partition coefficient (Wildman–Crippen LogP) is 2.76. The number of carboxylic acids is 1. The Morgan fingerprint density at radius 2 is 2.18 bits per heavy atom. The molecule has 6 heteroatoms. The van der Waals surface area contributed by atoms with Crippen LogP contribution in [0.1, 0.15) is 30.8 Å². The van der Waals surface area contributed by atoms with Gasteiger partial charge in [0, 0.05) is 0 Å². The van der Waals surface area contributed by atoms with Gasteiger partial charge in [-0.3, -0.25) is 9.48 Å². The van der Waals surface area contributed by atoms with Crippen LogP contribution in [0.4, 0.5) is 0 Å². The third-order valence-electron chi connectivity index (χ3n) is 3.22. The fourth-order valence-corrected chi connectivity index (χ4v) is 2.23. The summed E-state index contributed by atoms with van der Waals surface area (Å²) in [6, 6.07) is 8.91. The first-order valence-corrected chi connectivity index (χ1v) is 7.07. The zero-order chi connectivity index (χ0) is 16.1. The number of benzene rings is 1. The van der Waals surface area contributed by atoms with Crippen molar-refractivity contribution in [2.45, 2.75) is 33.2 Å². The number of hydrogen-bond donors (Lipinski definition) is 1. The van der Waals surface area contributed by atoms with E-state index in [0.717, 1.165) is 5.69 Å². The van der Waals surface area contributed by atoms with Crippen molar-refractivity contribution in [1.82, 2.24) is 9.78 Å². The molecule has 6 nitrogen and oxygen atoms in total. The molecule has 114 valence electrons. The third kappa shape index (κ3) is 3.26. The van der Waals surface area contributed by atoms with Gasteiger partial charge in [0.1, 0.15) is 18.0 Å². The van der Waals surface area contributed by atoms with Gasteiger partial charge in [-0.05, 0) is 31.0 Å². The lowest BCUT2D eigenvalue weighted by molar-refractivity contribution is -0.137. The molecule has 1 aromatic heterocycles. The molecule has 2 rings (SSSR count). The van der Waals surface area contributed by atoms with Gasteiger partial charge in [-0.2, -0.15) is 10.4 Å². The van der Waals surface area contributed by atoms with E-state index in [0.29, 0.717) is 35.6 Å². The number of aryl methyl sites for hydroxylation is 1. The number of aromatic nitrogens is 2. The minimum absolute atomic E-state index is 0.197. The number of carbonyl (C=O) groups is 1. The van der Waals surface area contributed by atoms with Crippen molar-refractivity contribution >= 4 is 5.97 Å². The standard InChI is InChI=1S/C16H17N3O3/c1-3-13-16(14(4-2)19(18-13)10-15(20)21)22-12-7-5-6-11(8-12)9-17/h5-8H,3-4,10H2,1-2H3,(H,20,21). The second-order valence-corrected chi connectivity index (χ2v) is 4.72. The number of nitriles is 1. The molecule has 0 atom stereocenters. The van der Waals surface area contributed by atoms with Crippen LogP contribution in [0.3, 0.4) is 0 Å². The second kappa shape index (κ2) is 6.76. The van der Waals surface area contributed by atoms with Crippen molar-refractivity contribution in [3.63, 3.8) is 0 Å². The van der Waals surface area contributed by atoms with E-state index in [-0.39, 0.29) is 6.54 Å². The molecule has 0 fully saturated rings. The van der Waals surface area contributed by atoms with Crippen molar-refractivity contribution in [3.8, 4) is 17.6 Å². The number of rotatable bonds is 6. The molecule has 2 aromatic rings. The maximum absolute atomic E-state index is 10.9. The molecular formula is C16H17N3O3. The minimum Gasteiger partial charge on any atom is -0.480 e. The fraction of sp³-hybridized carbons (Fsp3) is 0.312. The average Bonchev–Trinajstić information content (AvgIpc) is 2.83. The van der Waals surface area contributed by atoms with Crippen LogP contribution in [-0.4, -0.2) is 20.9 Å². The molecule has 0 saturated carbocycles. The normalized spacial score (nSPS) is 10.2. The Kier molecular flexibility index (Phi) is 4.79. The predicted molar refractivity (Wildman–Crippen MR) is 79.8 cm³/mol. The highest BCUT2D eigenvalue weighted by atomic mass is 16.5. The molecule has 0 aliphatic heterocycles. The Balaban J connectivity index is 2.42. The van der Waals surface area contributed by atoms with Crippen molar-refractivity contribution in [2.75, 3.05) is 0 Å². The zero-order valence-electron chi connectivity index (χ0n) is 12.5. The summed E-state index contributed by atoms with van der Waals surface area (Å²) in [5.41, 5.74) is 1.95. The van der Waals surface area contributed by atoms with Gasteiger partial charge in [0.05, 0.1) is 17.3 Å². The van der Waals surface area contributed by atoms with Crippen LogP contribution in [0, 0.1) is 11.3 Å². The van der Waals surface area contributed by atoms with E-state index >= 15 is 0 Å². The summed E-state index contributed by atoms with van der Waals surface area (Å²) in [5.74, 6) is 0.178. The molecule has 0 aliphatic rings. The summed E-state index contributed by atoms with van der Waals surface area (Å²) in [7, 11) is 0. The smallest absolute Gasteiger partial charge is 0.325 e. The summed E-state index contributed by atoms with van der Waals surface area (Å²) in [6.45, 7) is 3.66. The van der Waals surface area contributed by atoms with Gasteiger partial charge in [0.2, 0.25) is 0 Å². The van der Waals surface area contributed by atoms with Crippen molar-refractivity contribution in [2.24, 2.45) is 0 Å². The second-order valence-electron chi connectivity index (χ2n) is 4.72. The SMILES string of the molecule is CCc1nn(CC(=O)O)c(CC)c1Oc1cccc(C#N)c1. The average molecular weight is 299 g/mol. The third-order valence-corrected chi connectivity index (χ3v) is 3.22. The Labute approximate surface area is 128 Å². The first kappa shape index (κ1) is 15.6. The lowest BCUT2D eigenvalue weighted by Gasteiger charge is -2.08. The lowest BCUT2D eigenvalue weighted by Crippen LogP contribution is -2.13. The van der Waals surface area contributed by atoms with Crippen LogP contribution < -0.4 is 4.74 Å². The summed E-state index contributed by atoms with van der Waals surface area (Å²) < 4.78 is 7.36. The number of aliphatic carboxylic acids is 1. The molecule has 1 aromatic carbocycles. The van der Waals surface area contributed by atoms with Crippen LogP contribution in [0.5, 0.6) is 11.5 Å². The van der Waals surface area contributed by atoms with E-state index in [1.165, 1.54) is 4.68 Å². The summed E-state index contributed by atoms with van der Waals surface area (Å²) in [4.78, 5) is 10.9. The van der Waals surface area contributed by atoms with E-state index < -0.39 is 5.97 Å². The molecule has 0 spiro atoms. The fourth-order valence-electron chi connectivity index (χ4n) is 2.23. The van der Waals surface area contributed by atoms with Gasteiger partial charge in [0.15, 0.2) is 5.75 Å². The molecule has 22 heavy (non-hydrogen) atoms. The first-order chi connectivity index (χ1) is 10.6. The molecule has 0 radical (unpaired) electrons. The van der Waals surface area contributed by atoms with E-state index in [1.54, 1.807) is 24.3 Å². The Morgan fingerprint density at radius 1 is 1.41 bits per heavy atom. The molecular weight excluding hydrogens is 282 g/mol. The maximum atomic E-state index is 10.9. The highest BCUT2D eigenvalue weighted by Crippen LogP contribution is 2.30. The topological polar surface area (TPSA) is 88.1 Å². The monoisotopic (exact) mass is 299 g/mol. The largest absolute Gasteiger partial charge is 0.480 e. The quantitative estimate of drug-likeness (QED) is 0.886. The van der Waals surface area contributed by atoms with E-state index in [1.807, 2.05) is 13.8 Å². The van der Waals surface area contributed by atoms with Crippen molar-refractivity contribution < 1.29 is 14.6 Å². The molecule has 0 amide bonds. The van der Waals surface area contributed by atoms with Gasteiger partial charge in [-0.1, -0.05) is 19.9 Å². The molecule has 1 heterocycles. The van der Waals surface area contributed by atoms with Gasteiger partial charge in [0.25, 0.3) is 0 Å². The summed E-state index contributed by atoms with van der Waals surface area (Å²) >= 11 is 0. The lowest BCUT2D eigenvalue weighted by atomic mass is 10.2. The highest BCUT2D eigenvalue weighted by molar-refractivity contribution is 5.66. The number of ether oxygens (including phenoxy) is 1. The molecule has 0 bridgehead atoms. The Hall–Kier alpha value is -2.81. The van der Waals surface area contributed by atoms with Gasteiger partial charge < -0.3 is 9.84 Å². The molecule has 1 N–H and O–H groups in total. The zero-order valence-corrected chi connectivity index (χ0v) is 12.5. The highest BCUT2D eigenvalue weighted by Gasteiger charge is 2.19. The van der Waals surface area contributed by atoms with E-state index in [9.17, 15) is 4.79 Å². The maximum Gasteiger partial charge on any atom is 0.325 e. The van der Waals surface area contributed by atoms with Crippen molar-refractivity contribution in [1.29, 1.82) is 5.26 Å². The van der Waals surface area contributed by atoms with Crippen LogP contribution in [0.2, 0.25) is 0 Å². The van der Waals surface area contributed by atoms with Gasteiger partial charge >= 0.3 is 5.97 Å². The minimum atomic E-state index is -0.946. The molecule has 0 saturated heterocycles. The van der Waals surface area contributed by atoms with Crippen LogP contribution in [0.25, 0.3) is 0 Å². The Bertz CT molecular complexity index is 729. The van der Waals surface area contributed by atoms with Crippen LogP contribution in [0.15, 0.2) is 24.3 Å². The summed E-state index contributed by atoms with van der Waals surface area (Å²) in [6.07, 6.45) is 1.24. The van der Waals surface area contributed by atoms with Crippen LogP contribution in [-0.2, 0) is 24.2 Å². The van der Waals surface area contributed by atoms with E-state index in [2.05, 4.69) is 11.2 Å². The summed E-state index contributed by atoms with van der Waals surface area (Å²) in [5, 5.41) is 22.2. The van der Waals surface area contributed by atoms with E-state index in [4.69, 9.17) is 15.1 Å². The number of carboxylic acid groups (broad SMARTS) is 1.